The van der Waals surface area contributed by atoms with Gasteiger partial charge in [0.25, 0.3) is 16.0 Å². The lowest BCUT2D eigenvalue weighted by Gasteiger charge is -2.13. The summed E-state index contributed by atoms with van der Waals surface area (Å²) in [5.41, 5.74) is 8.01. The molecule has 1 amide bonds. The second-order valence-electron chi connectivity index (χ2n) is 7.56. The number of carbonyl (C=O) groups excluding carboxylic acids is 1. The molecule has 1 heterocycles. The maximum absolute atomic E-state index is 13.4. The van der Waals surface area contributed by atoms with Crippen molar-refractivity contribution in [3.63, 3.8) is 0 Å². The zero-order chi connectivity index (χ0) is 24.7. The van der Waals surface area contributed by atoms with Crippen LogP contribution in [0.15, 0.2) is 54.7 Å². The van der Waals surface area contributed by atoms with E-state index in [0.29, 0.717) is 29.9 Å². The average Bonchev–Trinajstić information content (AvgIpc) is 2.75. The van der Waals surface area contributed by atoms with E-state index >= 15 is 0 Å². The summed E-state index contributed by atoms with van der Waals surface area (Å²) in [7, 11) is -3.44. The molecule has 0 fully saturated rings. The van der Waals surface area contributed by atoms with E-state index in [9.17, 15) is 22.0 Å². The first-order chi connectivity index (χ1) is 16.1. The highest BCUT2D eigenvalue weighted by molar-refractivity contribution is 7.85. The Morgan fingerprint density at radius 1 is 1.06 bits per heavy atom. The molecule has 0 saturated carbocycles. The Hall–Kier alpha value is -3.57. The van der Waals surface area contributed by atoms with E-state index in [4.69, 9.17) is 9.92 Å². The van der Waals surface area contributed by atoms with Crippen molar-refractivity contribution >= 4 is 33.2 Å². The third kappa shape index (κ3) is 7.78. The van der Waals surface area contributed by atoms with Crippen molar-refractivity contribution in [2.75, 3.05) is 23.5 Å². The van der Waals surface area contributed by atoms with Gasteiger partial charge < -0.3 is 16.4 Å². The lowest BCUT2D eigenvalue weighted by Crippen LogP contribution is -2.15. The number of amides is 1. The maximum Gasteiger partial charge on any atom is 0.264 e. The summed E-state index contributed by atoms with van der Waals surface area (Å²) >= 11 is 0. The van der Waals surface area contributed by atoms with E-state index in [1.807, 2.05) is 24.3 Å². The molecule has 3 aromatic rings. The van der Waals surface area contributed by atoms with Crippen LogP contribution in [0.3, 0.4) is 0 Å². The number of nitrogens with zero attached hydrogens (tertiary/aromatic N) is 1. The minimum absolute atomic E-state index is 0.0656. The summed E-state index contributed by atoms with van der Waals surface area (Å²) in [5.74, 6) is -1.67. The largest absolute Gasteiger partial charge is 0.380 e. The van der Waals surface area contributed by atoms with Crippen molar-refractivity contribution in [1.29, 1.82) is 0 Å². The number of pyridine rings is 1. The molecule has 0 aliphatic carbocycles. The van der Waals surface area contributed by atoms with Gasteiger partial charge in [0.2, 0.25) is 0 Å². The number of benzene rings is 2. The highest BCUT2D eigenvalue weighted by Crippen LogP contribution is 2.23. The number of rotatable bonds is 11. The fraction of sp³-hybridized carbons (Fsp3) is 0.217. The van der Waals surface area contributed by atoms with E-state index in [-0.39, 0.29) is 18.7 Å². The van der Waals surface area contributed by atoms with Gasteiger partial charge in [0, 0.05) is 30.6 Å². The standard InChI is InChI=1S/C23H24F2N4O4S/c1-34(31,32)33-8-2-3-15-4-6-19(7-5-15)29-22-12-21(20(14-28-22)23(26)30)27-13-16-9-17(24)11-18(25)10-16/h4-7,9-12,14H,2-3,8,13H2,1H3,(H2,26,30)(H2,27,28,29). The van der Waals surface area contributed by atoms with Crippen LogP contribution < -0.4 is 16.4 Å². The number of nitrogens with one attached hydrogen (secondary N) is 2. The molecule has 11 heteroatoms. The highest BCUT2D eigenvalue weighted by atomic mass is 32.2. The van der Waals surface area contributed by atoms with E-state index in [0.717, 1.165) is 23.6 Å². The summed E-state index contributed by atoms with van der Waals surface area (Å²) < 4.78 is 53.6. The van der Waals surface area contributed by atoms with Crippen LogP contribution in [0, 0.1) is 11.6 Å². The molecular formula is C23H24F2N4O4S. The van der Waals surface area contributed by atoms with Crippen molar-refractivity contribution in [2.24, 2.45) is 5.73 Å². The van der Waals surface area contributed by atoms with Gasteiger partial charge >= 0.3 is 0 Å². The molecule has 0 aliphatic heterocycles. The fourth-order valence-corrected chi connectivity index (χ4v) is 3.59. The van der Waals surface area contributed by atoms with Gasteiger partial charge in [-0.25, -0.2) is 13.8 Å². The molecule has 8 nitrogen and oxygen atoms in total. The SMILES string of the molecule is CS(=O)(=O)OCCCc1ccc(Nc2cc(NCc3cc(F)cc(F)c3)c(C(N)=O)cn2)cc1. The topological polar surface area (TPSA) is 123 Å². The number of aromatic nitrogens is 1. The number of anilines is 3. The Morgan fingerprint density at radius 3 is 2.35 bits per heavy atom. The third-order valence-electron chi connectivity index (χ3n) is 4.71. The summed E-state index contributed by atoms with van der Waals surface area (Å²) in [5, 5.41) is 6.09. The van der Waals surface area contributed by atoms with Gasteiger partial charge in [0.15, 0.2) is 0 Å². The number of halogens is 2. The van der Waals surface area contributed by atoms with Gasteiger partial charge in [-0.1, -0.05) is 12.1 Å². The second-order valence-corrected chi connectivity index (χ2v) is 9.21. The third-order valence-corrected chi connectivity index (χ3v) is 5.30. The van der Waals surface area contributed by atoms with Crippen LogP contribution in [0.4, 0.5) is 26.0 Å². The fourth-order valence-electron chi connectivity index (χ4n) is 3.17. The smallest absolute Gasteiger partial charge is 0.264 e. The van der Waals surface area contributed by atoms with Crippen molar-refractivity contribution in [3.05, 3.63) is 83.1 Å². The molecule has 0 atom stereocenters. The highest BCUT2D eigenvalue weighted by Gasteiger charge is 2.11. The molecule has 0 spiro atoms. The molecule has 1 aromatic heterocycles. The first-order valence-electron chi connectivity index (χ1n) is 10.3. The molecule has 0 aliphatic rings. The van der Waals surface area contributed by atoms with Crippen LogP contribution >= 0.6 is 0 Å². The molecule has 0 radical (unpaired) electrons. The molecule has 0 bridgehead atoms. The monoisotopic (exact) mass is 490 g/mol. The van der Waals surface area contributed by atoms with Gasteiger partial charge in [-0.2, -0.15) is 8.42 Å². The van der Waals surface area contributed by atoms with Gasteiger partial charge in [-0.15, -0.1) is 0 Å². The predicted octanol–water partition coefficient (Wildman–Crippen LogP) is 3.72. The zero-order valence-electron chi connectivity index (χ0n) is 18.3. The first kappa shape index (κ1) is 25.1. The molecule has 2 aromatic carbocycles. The Kier molecular flexibility index (Phi) is 8.13. The summed E-state index contributed by atoms with van der Waals surface area (Å²) in [6.07, 6.45) is 3.53. The van der Waals surface area contributed by atoms with E-state index in [1.165, 1.54) is 18.3 Å². The Morgan fingerprint density at radius 2 is 1.74 bits per heavy atom. The lowest BCUT2D eigenvalue weighted by molar-refractivity contribution is 0.100. The Balaban J connectivity index is 1.66. The van der Waals surface area contributed by atoms with Gasteiger partial charge in [0.05, 0.1) is 24.1 Å². The van der Waals surface area contributed by atoms with Crippen molar-refractivity contribution in [3.8, 4) is 0 Å². The van der Waals surface area contributed by atoms with Gasteiger partial charge in [0.1, 0.15) is 17.5 Å². The number of primary amides is 1. The van der Waals surface area contributed by atoms with Crippen LogP contribution in [0.5, 0.6) is 0 Å². The van der Waals surface area contributed by atoms with Gasteiger partial charge in [-0.3, -0.25) is 8.98 Å². The second kappa shape index (κ2) is 11.0. The van der Waals surface area contributed by atoms with Crippen molar-refractivity contribution < 1.29 is 26.2 Å². The number of nitrogens with two attached hydrogens (primary N) is 1. The zero-order valence-corrected chi connectivity index (χ0v) is 19.2. The first-order valence-corrected chi connectivity index (χ1v) is 12.1. The molecule has 0 unspecified atom stereocenters. The molecule has 3 rings (SSSR count). The van der Waals surface area contributed by atoms with Crippen LogP contribution in [0.25, 0.3) is 0 Å². The summed E-state index contributed by atoms with van der Waals surface area (Å²) in [4.78, 5) is 16.0. The molecule has 34 heavy (non-hydrogen) atoms. The van der Waals surface area contributed by atoms with Crippen LogP contribution in [-0.2, 0) is 27.3 Å². The number of carbonyl (C=O) groups is 1. The number of aryl methyl sites for hydroxylation is 1. The van der Waals surface area contributed by atoms with E-state index in [1.54, 1.807) is 6.07 Å². The molecule has 0 saturated heterocycles. The summed E-state index contributed by atoms with van der Waals surface area (Å²) in [6, 6.07) is 12.2. The van der Waals surface area contributed by atoms with Crippen LogP contribution in [0.1, 0.15) is 27.9 Å². The number of hydrogen-bond acceptors (Lipinski definition) is 7. The van der Waals surface area contributed by atoms with E-state index < -0.39 is 27.7 Å². The van der Waals surface area contributed by atoms with Crippen LogP contribution in [0.2, 0.25) is 0 Å². The minimum atomic E-state index is -3.44. The van der Waals surface area contributed by atoms with Crippen LogP contribution in [-0.4, -0.2) is 32.2 Å². The quantitative estimate of drug-likeness (QED) is 0.276. The van der Waals surface area contributed by atoms with Crippen molar-refractivity contribution in [2.45, 2.75) is 19.4 Å². The lowest BCUT2D eigenvalue weighted by atomic mass is 10.1. The number of hydrogen-bond donors (Lipinski definition) is 3. The minimum Gasteiger partial charge on any atom is -0.380 e. The Labute approximate surface area is 196 Å². The molecule has 180 valence electrons. The normalized spacial score (nSPS) is 11.3. The summed E-state index contributed by atoms with van der Waals surface area (Å²) in [6.45, 7) is 0.184. The maximum atomic E-state index is 13.4. The average molecular weight is 491 g/mol. The predicted molar refractivity (Wildman–Crippen MR) is 125 cm³/mol. The molecule has 4 N–H and O–H groups in total. The Bertz CT molecular complexity index is 1250. The van der Waals surface area contributed by atoms with E-state index in [2.05, 4.69) is 15.6 Å². The van der Waals surface area contributed by atoms with Crippen molar-refractivity contribution in [1.82, 2.24) is 4.98 Å². The van der Waals surface area contributed by atoms with Gasteiger partial charge in [-0.05, 0) is 48.2 Å². The molecular weight excluding hydrogens is 466 g/mol.